The van der Waals surface area contributed by atoms with Gasteiger partial charge in [-0.2, -0.15) is 0 Å². The van der Waals surface area contributed by atoms with Crippen LogP contribution in [0.15, 0.2) is 140 Å². The molecule has 5 nitrogen and oxygen atoms in total. The summed E-state index contributed by atoms with van der Waals surface area (Å²) >= 11 is 0. The highest BCUT2D eigenvalue weighted by Crippen LogP contribution is 2.34. The first kappa shape index (κ1) is 24.7. The van der Waals surface area contributed by atoms with Crippen LogP contribution in [0.1, 0.15) is 17.3 Å². The highest BCUT2D eigenvalue weighted by molar-refractivity contribution is 6.20. The molecule has 1 aromatic heterocycles. The van der Waals surface area contributed by atoms with Gasteiger partial charge in [0.15, 0.2) is 5.92 Å². The molecule has 0 N–H and O–H groups in total. The Morgan fingerprint density at radius 1 is 0.500 bits per heavy atom. The second-order valence-electron chi connectivity index (χ2n) is 8.83. The van der Waals surface area contributed by atoms with Crippen molar-refractivity contribution in [3.63, 3.8) is 0 Å². The molecule has 0 unspecified atom stereocenters. The molecule has 0 aliphatic heterocycles. The molecule has 0 aliphatic carbocycles. The van der Waals surface area contributed by atoms with Crippen LogP contribution in [0.25, 0.3) is 0 Å². The zero-order valence-electron chi connectivity index (χ0n) is 21.0. The van der Waals surface area contributed by atoms with Crippen LogP contribution < -0.4 is 9.80 Å². The number of amides is 2. The third-order valence-electron chi connectivity index (χ3n) is 6.20. The molecule has 2 amide bonds. The number of aryl methyl sites for hydroxylation is 1. The maximum Gasteiger partial charge on any atom is 0.250 e. The maximum absolute atomic E-state index is 14.6. The summed E-state index contributed by atoms with van der Waals surface area (Å²) in [5, 5.41) is 0. The zero-order valence-corrected chi connectivity index (χ0v) is 21.0. The van der Waals surface area contributed by atoms with Crippen LogP contribution in [0, 0.1) is 6.92 Å². The molecular weight excluding hydrogens is 470 g/mol. The summed E-state index contributed by atoms with van der Waals surface area (Å²) in [6.07, 6.45) is 0. The van der Waals surface area contributed by atoms with E-state index in [1.54, 1.807) is 15.9 Å². The molecule has 0 saturated carbocycles. The number of para-hydroxylation sites is 4. The Morgan fingerprint density at radius 3 is 1.16 bits per heavy atom. The number of hydrogen-bond acceptors (Lipinski definition) is 3. The van der Waals surface area contributed by atoms with Crippen molar-refractivity contribution in [2.24, 2.45) is 0 Å². The first-order valence-electron chi connectivity index (χ1n) is 12.4. The van der Waals surface area contributed by atoms with E-state index < -0.39 is 5.92 Å². The van der Waals surface area contributed by atoms with E-state index in [4.69, 9.17) is 0 Å². The van der Waals surface area contributed by atoms with Gasteiger partial charge in [-0.05, 0) is 67.6 Å². The molecule has 0 spiro atoms. The van der Waals surface area contributed by atoms with Gasteiger partial charge in [-0.1, -0.05) is 78.9 Å². The van der Waals surface area contributed by atoms with Gasteiger partial charge in [-0.25, -0.2) is 0 Å². The third kappa shape index (κ3) is 5.22. The SMILES string of the molecule is Cc1cccc(C(C(=O)N(c2ccccc2)c2ccccc2)C(=O)N(c2ccccc2)c2ccccc2)n1. The van der Waals surface area contributed by atoms with Gasteiger partial charge in [0.25, 0.3) is 0 Å². The molecule has 0 saturated heterocycles. The van der Waals surface area contributed by atoms with Crippen LogP contribution in [-0.2, 0) is 9.59 Å². The van der Waals surface area contributed by atoms with Crippen LogP contribution in [0.4, 0.5) is 22.7 Å². The molecule has 0 fully saturated rings. The normalized spacial score (nSPS) is 10.7. The first-order chi connectivity index (χ1) is 18.6. The van der Waals surface area contributed by atoms with Crippen molar-refractivity contribution in [1.82, 2.24) is 4.98 Å². The molecule has 5 heteroatoms. The number of carbonyl (C=O) groups excluding carboxylic acids is 2. The van der Waals surface area contributed by atoms with Gasteiger partial charge in [0.05, 0.1) is 5.69 Å². The average molecular weight is 498 g/mol. The Hall–Kier alpha value is -5.03. The van der Waals surface area contributed by atoms with Gasteiger partial charge < -0.3 is 0 Å². The highest BCUT2D eigenvalue weighted by Gasteiger charge is 2.38. The molecule has 0 radical (unpaired) electrons. The van der Waals surface area contributed by atoms with Crippen molar-refractivity contribution in [2.45, 2.75) is 12.8 Å². The molecule has 186 valence electrons. The molecule has 0 atom stereocenters. The lowest BCUT2D eigenvalue weighted by molar-refractivity contribution is -0.128. The van der Waals surface area contributed by atoms with Gasteiger partial charge >= 0.3 is 0 Å². The molecule has 0 bridgehead atoms. The fourth-order valence-electron chi connectivity index (χ4n) is 4.46. The van der Waals surface area contributed by atoms with Crippen LogP contribution in [-0.4, -0.2) is 16.8 Å². The third-order valence-corrected chi connectivity index (χ3v) is 6.20. The largest absolute Gasteiger partial charge is 0.280 e. The smallest absolute Gasteiger partial charge is 0.250 e. The second kappa shape index (κ2) is 11.4. The van der Waals surface area contributed by atoms with E-state index in [0.717, 1.165) is 5.69 Å². The summed E-state index contributed by atoms with van der Waals surface area (Å²) in [7, 11) is 0. The number of pyridine rings is 1. The number of carbonyl (C=O) groups is 2. The predicted octanol–water partition coefficient (Wildman–Crippen LogP) is 7.20. The van der Waals surface area contributed by atoms with Gasteiger partial charge in [-0.3, -0.25) is 24.4 Å². The summed E-state index contributed by atoms with van der Waals surface area (Å²) < 4.78 is 0. The summed E-state index contributed by atoms with van der Waals surface area (Å²) in [5.41, 5.74) is 3.79. The lowest BCUT2D eigenvalue weighted by atomic mass is 9.98. The summed E-state index contributed by atoms with van der Waals surface area (Å²) in [5.74, 6) is -1.97. The Bertz CT molecular complexity index is 1330. The predicted molar refractivity (Wildman–Crippen MR) is 152 cm³/mol. The van der Waals surface area contributed by atoms with Crippen LogP contribution in [0.5, 0.6) is 0 Å². The maximum atomic E-state index is 14.6. The highest BCUT2D eigenvalue weighted by atomic mass is 16.2. The van der Waals surface area contributed by atoms with E-state index in [-0.39, 0.29) is 11.8 Å². The molecule has 5 aromatic rings. The first-order valence-corrected chi connectivity index (χ1v) is 12.4. The van der Waals surface area contributed by atoms with Gasteiger partial charge in [0.2, 0.25) is 11.8 Å². The minimum atomic E-state index is -1.20. The number of aromatic nitrogens is 1. The van der Waals surface area contributed by atoms with E-state index in [1.165, 1.54) is 0 Å². The minimum absolute atomic E-state index is 0.387. The number of anilines is 4. The van der Waals surface area contributed by atoms with Crippen molar-refractivity contribution >= 4 is 34.6 Å². The van der Waals surface area contributed by atoms with Crippen molar-refractivity contribution in [1.29, 1.82) is 0 Å². The van der Waals surface area contributed by atoms with E-state index in [1.807, 2.05) is 140 Å². The molecule has 0 aliphatic rings. The Balaban J connectivity index is 1.69. The fourth-order valence-corrected chi connectivity index (χ4v) is 4.46. The average Bonchev–Trinajstić information content (AvgIpc) is 2.96. The Kier molecular flexibility index (Phi) is 7.37. The number of hydrogen-bond donors (Lipinski definition) is 0. The molecule has 38 heavy (non-hydrogen) atoms. The topological polar surface area (TPSA) is 53.5 Å². The standard InChI is InChI=1S/C33H27N3O2/c1-25-15-14-24-30(34-25)31(32(37)35(26-16-6-2-7-17-26)27-18-8-3-9-19-27)33(38)36(28-20-10-4-11-21-28)29-22-12-5-13-23-29/h2-24,31H,1H3. The molecular formula is C33H27N3O2. The van der Waals surface area contributed by atoms with E-state index in [0.29, 0.717) is 28.4 Å². The van der Waals surface area contributed by atoms with Crippen LogP contribution in [0.2, 0.25) is 0 Å². The number of benzene rings is 4. The van der Waals surface area contributed by atoms with Gasteiger partial charge in [0, 0.05) is 28.4 Å². The summed E-state index contributed by atoms with van der Waals surface area (Å²) in [6, 6.07) is 42.9. The second-order valence-corrected chi connectivity index (χ2v) is 8.83. The summed E-state index contributed by atoms with van der Waals surface area (Å²) in [6.45, 7) is 1.85. The molecule has 1 heterocycles. The quantitative estimate of drug-likeness (QED) is 0.223. The van der Waals surface area contributed by atoms with Crippen LogP contribution in [0.3, 0.4) is 0 Å². The number of nitrogens with zero attached hydrogens (tertiary/aromatic N) is 3. The Labute approximate surface area is 222 Å². The molecule has 5 rings (SSSR count). The number of rotatable bonds is 7. The lowest BCUT2D eigenvalue weighted by Gasteiger charge is -2.31. The summed E-state index contributed by atoms with van der Waals surface area (Å²) in [4.78, 5) is 37.1. The Morgan fingerprint density at radius 2 is 0.842 bits per heavy atom. The minimum Gasteiger partial charge on any atom is -0.280 e. The van der Waals surface area contributed by atoms with Crippen molar-refractivity contribution in [3.8, 4) is 0 Å². The van der Waals surface area contributed by atoms with Crippen molar-refractivity contribution in [2.75, 3.05) is 9.80 Å². The lowest BCUT2D eigenvalue weighted by Crippen LogP contribution is -2.41. The fraction of sp³-hybridized carbons (Fsp3) is 0.0606. The van der Waals surface area contributed by atoms with Crippen molar-refractivity contribution in [3.05, 3.63) is 151 Å². The van der Waals surface area contributed by atoms with E-state index in [2.05, 4.69) is 4.98 Å². The van der Waals surface area contributed by atoms with Gasteiger partial charge in [0.1, 0.15) is 0 Å². The van der Waals surface area contributed by atoms with E-state index >= 15 is 0 Å². The molecule has 4 aromatic carbocycles. The monoisotopic (exact) mass is 497 g/mol. The zero-order chi connectivity index (χ0) is 26.3. The van der Waals surface area contributed by atoms with Crippen molar-refractivity contribution < 1.29 is 9.59 Å². The van der Waals surface area contributed by atoms with Gasteiger partial charge in [-0.15, -0.1) is 0 Å². The van der Waals surface area contributed by atoms with E-state index in [9.17, 15) is 9.59 Å². The van der Waals surface area contributed by atoms with Crippen LogP contribution >= 0.6 is 0 Å².